The van der Waals surface area contributed by atoms with Crippen molar-refractivity contribution in [2.75, 3.05) is 11.9 Å². The van der Waals surface area contributed by atoms with Gasteiger partial charge in [-0.05, 0) is 55.0 Å². The number of rotatable bonds is 5. The number of amides is 1. The highest BCUT2D eigenvalue weighted by atomic mass is 35.5. The van der Waals surface area contributed by atoms with Crippen LogP contribution in [-0.4, -0.2) is 23.6 Å². The Bertz CT molecular complexity index is 924. The van der Waals surface area contributed by atoms with Crippen LogP contribution in [0.15, 0.2) is 42.0 Å². The minimum absolute atomic E-state index is 0.000928. The van der Waals surface area contributed by atoms with E-state index in [1.807, 2.05) is 0 Å². The number of halogens is 2. The molecule has 0 bridgehead atoms. The average molecular weight is 405 g/mol. The Morgan fingerprint density at radius 2 is 1.81 bits per heavy atom. The fraction of sp³-hybridized carbons (Fsp3) is 0.105. The molecule has 6 nitrogen and oxygen atoms in total. The molecule has 0 aliphatic heterocycles. The van der Waals surface area contributed by atoms with Crippen molar-refractivity contribution in [1.82, 2.24) is 0 Å². The number of nitrogens with zero attached hydrogens (tertiary/aromatic N) is 1. The molecule has 27 heavy (non-hydrogen) atoms. The zero-order chi connectivity index (χ0) is 20.0. The summed E-state index contributed by atoms with van der Waals surface area (Å²) in [4.78, 5) is 23.9. The van der Waals surface area contributed by atoms with E-state index in [0.717, 1.165) is 0 Å². The summed E-state index contributed by atoms with van der Waals surface area (Å²) in [6.45, 7) is 1.97. The van der Waals surface area contributed by atoms with E-state index in [0.29, 0.717) is 16.8 Å². The van der Waals surface area contributed by atoms with Crippen molar-refractivity contribution < 1.29 is 19.4 Å². The summed E-state index contributed by atoms with van der Waals surface area (Å²) in [5, 5.41) is 21.4. The molecule has 0 saturated carbocycles. The SMILES string of the molecule is CCOC(=O)c1ccc(NC(=O)/C(C#N)=C/c2cc(Cl)c(O)c(Cl)c2)cc1. The van der Waals surface area contributed by atoms with Gasteiger partial charge in [0.25, 0.3) is 5.91 Å². The van der Waals surface area contributed by atoms with Gasteiger partial charge in [0.05, 0.1) is 22.2 Å². The van der Waals surface area contributed by atoms with Crippen molar-refractivity contribution in [1.29, 1.82) is 5.26 Å². The van der Waals surface area contributed by atoms with Crippen LogP contribution in [0.4, 0.5) is 5.69 Å². The topological polar surface area (TPSA) is 99.4 Å². The van der Waals surface area contributed by atoms with E-state index in [-0.39, 0.29) is 28.0 Å². The van der Waals surface area contributed by atoms with Gasteiger partial charge in [-0.15, -0.1) is 0 Å². The molecule has 2 rings (SSSR count). The Balaban J connectivity index is 2.18. The molecule has 0 heterocycles. The van der Waals surface area contributed by atoms with Gasteiger partial charge < -0.3 is 15.2 Å². The molecule has 0 aliphatic rings. The van der Waals surface area contributed by atoms with Crippen molar-refractivity contribution >= 4 is 46.8 Å². The van der Waals surface area contributed by atoms with Crippen LogP contribution in [0.3, 0.4) is 0 Å². The number of nitriles is 1. The van der Waals surface area contributed by atoms with Crippen LogP contribution in [0.5, 0.6) is 5.75 Å². The standard InChI is InChI=1S/C19H14Cl2N2O4/c1-2-27-19(26)12-3-5-14(6-4-12)23-18(25)13(10-22)7-11-8-15(20)17(24)16(21)9-11/h3-9,24H,2H2,1H3,(H,23,25)/b13-7+. The zero-order valence-corrected chi connectivity index (χ0v) is 15.6. The monoisotopic (exact) mass is 404 g/mol. The Hall–Kier alpha value is -3.01. The summed E-state index contributed by atoms with van der Waals surface area (Å²) in [6, 6.07) is 10.6. The molecule has 0 fully saturated rings. The van der Waals surface area contributed by atoms with Gasteiger partial charge in [-0.25, -0.2) is 4.79 Å². The maximum Gasteiger partial charge on any atom is 0.338 e. The number of hydrogen-bond acceptors (Lipinski definition) is 5. The van der Waals surface area contributed by atoms with Crippen molar-refractivity contribution in [2.24, 2.45) is 0 Å². The molecule has 2 aromatic carbocycles. The van der Waals surface area contributed by atoms with Crippen LogP contribution in [0, 0.1) is 11.3 Å². The van der Waals surface area contributed by atoms with Crippen LogP contribution in [0.2, 0.25) is 10.0 Å². The lowest BCUT2D eigenvalue weighted by molar-refractivity contribution is -0.112. The minimum Gasteiger partial charge on any atom is -0.505 e. The molecule has 138 valence electrons. The van der Waals surface area contributed by atoms with Gasteiger partial charge in [0.1, 0.15) is 11.6 Å². The fourth-order valence-corrected chi connectivity index (χ4v) is 2.59. The van der Waals surface area contributed by atoms with E-state index in [2.05, 4.69) is 5.32 Å². The number of benzene rings is 2. The maximum absolute atomic E-state index is 12.3. The summed E-state index contributed by atoms with van der Waals surface area (Å²) in [7, 11) is 0. The van der Waals surface area contributed by atoms with Gasteiger partial charge >= 0.3 is 5.97 Å². The molecule has 0 saturated heterocycles. The van der Waals surface area contributed by atoms with Crippen LogP contribution in [0.1, 0.15) is 22.8 Å². The number of phenols is 1. The normalized spacial score (nSPS) is 10.8. The average Bonchev–Trinajstić information content (AvgIpc) is 2.64. The first-order valence-corrected chi connectivity index (χ1v) is 8.49. The zero-order valence-electron chi connectivity index (χ0n) is 14.1. The van der Waals surface area contributed by atoms with Crippen LogP contribution < -0.4 is 5.32 Å². The lowest BCUT2D eigenvalue weighted by Crippen LogP contribution is -2.13. The van der Waals surface area contributed by atoms with E-state index >= 15 is 0 Å². The number of aromatic hydroxyl groups is 1. The number of carbonyl (C=O) groups excluding carboxylic acids is 2. The molecular weight excluding hydrogens is 391 g/mol. The summed E-state index contributed by atoms with van der Waals surface area (Å²) in [5.74, 6) is -1.39. The molecule has 0 radical (unpaired) electrons. The number of esters is 1. The van der Waals surface area contributed by atoms with Gasteiger partial charge in [0.2, 0.25) is 0 Å². The predicted molar refractivity (Wildman–Crippen MR) is 103 cm³/mol. The van der Waals surface area contributed by atoms with E-state index in [1.165, 1.54) is 42.5 Å². The van der Waals surface area contributed by atoms with Crippen LogP contribution >= 0.6 is 23.2 Å². The molecular formula is C19H14Cl2N2O4. The highest BCUT2D eigenvalue weighted by Gasteiger charge is 2.12. The number of ether oxygens (including phenoxy) is 1. The largest absolute Gasteiger partial charge is 0.505 e. The third-order valence-electron chi connectivity index (χ3n) is 3.37. The third kappa shape index (κ3) is 5.23. The van der Waals surface area contributed by atoms with Gasteiger partial charge in [-0.2, -0.15) is 5.26 Å². The van der Waals surface area contributed by atoms with E-state index in [9.17, 15) is 20.0 Å². The first kappa shape index (κ1) is 20.3. The molecule has 0 aliphatic carbocycles. The fourth-order valence-electron chi connectivity index (χ4n) is 2.09. The molecule has 0 unspecified atom stereocenters. The molecule has 1 amide bonds. The maximum atomic E-state index is 12.3. The molecule has 0 spiro atoms. The lowest BCUT2D eigenvalue weighted by atomic mass is 10.1. The number of phenolic OH excluding ortho intramolecular Hbond substituents is 1. The Labute approximate surface area is 165 Å². The van der Waals surface area contributed by atoms with E-state index < -0.39 is 11.9 Å². The lowest BCUT2D eigenvalue weighted by Gasteiger charge is -2.06. The van der Waals surface area contributed by atoms with E-state index in [1.54, 1.807) is 13.0 Å². The second-order valence-electron chi connectivity index (χ2n) is 5.25. The molecule has 2 aromatic rings. The van der Waals surface area contributed by atoms with Gasteiger partial charge in [0, 0.05) is 5.69 Å². The van der Waals surface area contributed by atoms with Crippen LogP contribution in [-0.2, 0) is 9.53 Å². The Morgan fingerprint density at radius 1 is 1.22 bits per heavy atom. The minimum atomic E-state index is -0.651. The highest BCUT2D eigenvalue weighted by Crippen LogP contribution is 2.33. The van der Waals surface area contributed by atoms with Gasteiger partial charge in [-0.1, -0.05) is 23.2 Å². The van der Waals surface area contributed by atoms with Gasteiger partial charge in [0.15, 0.2) is 5.75 Å². The first-order valence-electron chi connectivity index (χ1n) is 7.74. The summed E-state index contributed by atoms with van der Waals surface area (Å²) >= 11 is 11.7. The summed E-state index contributed by atoms with van der Waals surface area (Å²) < 4.78 is 4.88. The quantitative estimate of drug-likeness (QED) is 0.436. The Kier molecular flexibility index (Phi) is 6.83. The van der Waals surface area contributed by atoms with Crippen molar-refractivity contribution in [3.8, 4) is 11.8 Å². The molecule has 2 N–H and O–H groups in total. The van der Waals surface area contributed by atoms with Crippen molar-refractivity contribution in [3.63, 3.8) is 0 Å². The summed E-state index contributed by atoms with van der Waals surface area (Å²) in [6.07, 6.45) is 1.29. The van der Waals surface area contributed by atoms with Gasteiger partial charge in [-0.3, -0.25) is 4.79 Å². The predicted octanol–water partition coefficient (Wildman–Crippen LogP) is 4.42. The molecule has 0 atom stereocenters. The van der Waals surface area contributed by atoms with Crippen molar-refractivity contribution in [2.45, 2.75) is 6.92 Å². The summed E-state index contributed by atoms with van der Waals surface area (Å²) in [5.41, 5.74) is 0.935. The second kappa shape index (κ2) is 9.08. The molecule has 0 aromatic heterocycles. The molecule has 8 heteroatoms. The second-order valence-corrected chi connectivity index (χ2v) is 6.07. The number of carbonyl (C=O) groups is 2. The van der Waals surface area contributed by atoms with E-state index in [4.69, 9.17) is 27.9 Å². The smallest absolute Gasteiger partial charge is 0.338 e. The number of anilines is 1. The number of hydrogen-bond donors (Lipinski definition) is 2. The van der Waals surface area contributed by atoms with Crippen LogP contribution in [0.25, 0.3) is 6.08 Å². The Morgan fingerprint density at radius 3 is 2.33 bits per heavy atom. The number of nitrogens with one attached hydrogen (secondary N) is 1. The highest BCUT2D eigenvalue weighted by molar-refractivity contribution is 6.37. The first-order chi connectivity index (χ1) is 12.8. The van der Waals surface area contributed by atoms with Crippen molar-refractivity contribution in [3.05, 3.63) is 63.1 Å². The third-order valence-corrected chi connectivity index (χ3v) is 3.95.